The van der Waals surface area contributed by atoms with E-state index in [1.807, 2.05) is 0 Å². The molecule has 1 aliphatic heterocycles. The molecule has 2 N–H and O–H groups in total. The number of amides is 1. The molecule has 0 aliphatic carbocycles. The van der Waals surface area contributed by atoms with E-state index >= 15 is 0 Å². The van der Waals surface area contributed by atoms with Crippen LogP contribution in [0.3, 0.4) is 0 Å². The molecule has 2 heterocycles. The maximum absolute atomic E-state index is 12.8. The molecular weight excluding hydrogens is 306 g/mol. The highest BCUT2D eigenvalue weighted by molar-refractivity contribution is 5.94. The number of anilines is 1. The Hall–Kier alpha value is -1.05. The summed E-state index contributed by atoms with van der Waals surface area (Å²) in [5, 5.41) is 4.75. The lowest BCUT2D eigenvalue weighted by Gasteiger charge is -2.10. The predicted molar refractivity (Wildman–Crippen MR) is 68.7 cm³/mol. The van der Waals surface area contributed by atoms with Crippen LogP contribution >= 0.6 is 24.8 Å². The molecule has 1 amide bonds. The van der Waals surface area contributed by atoms with Crippen LogP contribution in [-0.4, -0.2) is 29.4 Å². The first-order valence-corrected chi connectivity index (χ1v) is 5.00. The number of hydrogen-bond donors (Lipinski definition) is 2. The second kappa shape index (κ2) is 6.93. The highest BCUT2D eigenvalue weighted by Gasteiger charge is 2.42. The summed E-state index contributed by atoms with van der Waals surface area (Å²) in [5.41, 5.74) is 0. The van der Waals surface area contributed by atoms with Crippen LogP contribution < -0.4 is 10.6 Å². The first kappa shape index (κ1) is 17.9. The van der Waals surface area contributed by atoms with Gasteiger partial charge in [-0.3, -0.25) is 10.1 Å². The van der Waals surface area contributed by atoms with Crippen molar-refractivity contribution in [3.05, 3.63) is 24.1 Å². The molecule has 0 saturated carbocycles. The quantitative estimate of drug-likeness (QED) is 0.877. The second-order valence-corrected chi connectivity index (χ2v) is 3.84. The van der Waals surface area contributed by atoms with Crippen LogP contribution in [0.2, 0.25) is 0 Å². The molecule has 19 heavy (non-hydrogen) atoms. The van der Waals surface area contributed by atoms with E-state index in [0.29, 0.717) is 0 Å². The number of alkyl halides is 2. The van der Waals surface area contributed by atoms with Crippen molar-refractivity contribution < 1.29 is 18.0 Å². The second-order valence-electron chi connectivity index (χ2n) is 3.84. The number of carbonyl (C=O) groups is 1. The van der Waals surface area contributed by atoms with Gasteiger partial charge >= 0.3 is 0 Å². The van der Waals surface area contributed by atoms with E-state index in [2.05, 4.69) is 15.6 Å². The predicted octanol–water partition coefficient (Wildman–Crippen LogP) is 2.00. The van der Waals surface area contributed by atoms with Crippen molar-refractivity contribution in [1.82, 2.24) is 10.3 Å². The number of rotatable bonds is 2. The van der Waals surface area contributed by atoms with Crippen molar-refractivity contribution in [1.29, 1.82) is 0 Å². The zero-order valence-corrected chi connectivity index (χ0v) is 11.2. The normalized spacial score (nSPS) is 20.1. The monoisotopic (exact) mass is 317 g/mol. The molecule has 1 aliphatic rings. The van der Waals surface area contributed by atoms with Crippen LogP contribution in [0, 0.1) is 5.82 Å². The molecule has 0 aromatic carbocycles. The summed E-state index contributed by atoms with van der Waals surface area (Å²) >= 11 is 0. The van der Waals surface area contributed by atoms with Crippen molar-refractivity contribution in [2.75, 3.05) is 11.9 Å². The van der Waals surface area contributed by atoms with Crippen molar-refractivity contribution in [2.45, 2.75) is 18.4 Å². The SMILES string of the molecule is Cl.Cl.O=C(Nc1ccc(F)cn1)C1CC(F)(F)CN1. The summed E-state index contributed by atoms with van der Waals surface area (Å²) in [4.78, 5) is 15.2. The summed E-state index contributed by atoms with van der Waals surface area (Å²) in [6, 6.07) is 1.44. The standard InChI is InChI=1S/C10H10F3N3O.2ClH/c11-6-1-2-8(14-4-6)16-9(17)7-3-10(12,13)5-15-7;;/h1-2,4,7,15H,3,5H2,(H,14,16,17);2*1H. The first-order valence-electron chi connectivity index (χ1n) is 5.00. The molecule has 0 bridgehead atoms. The van der Waals surface area contributed by atoms with Crippen molar-refractivity contribution in [2.24, 2.45) is 0 Å². The van der Waals surface area contributed by atoms with Gasteiger partial charge in [0, 0.05) is 6.42 Å². The van der Waals surface area contributed by atoms with Gasteiger partial charge in [0.25, 0.3) is 5.92 Å². The van der Waals surface area contributed by atoms with Gasteiger partial charge in [0.1, 0.15) is 11.6 Å². The zero-order valence-electron chi connectivity index (χ0n) is 9.53. The van der Waals surface area contributed by atoms with Gasteiger partial charge < -0.3 is 5.32 Å². The average Bonchev–Trinajstić information content (AvgIpc) is 2.62. The van der Waals surface area contributed by atoms with Crippen LogP contribution in [-0.2, 0) is 4.79 Å². The molecule has 0 radical (unpaired) electrons. The Bertz CT molecular complexity index is 431. The molecule has 1 aromatic heterocycles. The molecule has 1 aromatic rings. The first-order chi connectivity index (χ1) is 7.96. The molecule has 0 spiro atoms. The van der Waals surface area contributed by atoms with Crippen LogP contribution in [0.5, 0.6) is 0 Å². The zero-order chi connectivity index (χ0) is 12.5. The van der Waals surface area contributed by atoms with E-state index < -0.39 is 36.7 Å². The summed E-state index contributed by atoms with van der Waals surface area (Å²) < 4.78 is 38.2. The van der Waals surface area contributed by atoms with E-state index in [9.17, 15) is 18.0 Å². The van der Waals surface area contributed by atoms with Gasteiger partial charge in [-0.2, -0.15) is 0 Å². The Morgan fingerprint density at radius 1 is 1.42 bits per heavy atom. The minimum absolute atomic E-state index is 0. The largest absolute Gasteiger partial charge is 0.309 e. The lowest BCUT2D eigenvalue weighted by molar-refractivity contribution is -0.118. The number of halogens is 5. The summed E-state index contributed by atoms with van der Waals surface area (Å²) in [6.07, 6.45) is 0.395. The Morgan fingerprint density at radius 3 is 2.58 bits per heavy atom. The van der Waals surface area contributed by atoms with Crippen molar-refractivity contribution in [3.8, 4) is 0 Å². The minimum atomic E-state index is -2.86. The molecule has 1 saturated heterocycles. The smallest absolute Gasteiger partial charge is 0.262 e. The number of nitrogens with one attached hydrogen (secondary N) is 2. The van der Waals surface area contributed by atoms with Gasteiger partial charge in [-0.25, -0.2) is 18.2 Å². The number of carbonyl (C=O) groups excluding carboxylic acids is 1. The van der Waals surface area contributed by atoms with Gasteiger partial charge in [-0.15, -0.1) is 24.8 Å². The number of hydrogen-bond acceptors (Lipinski definition) is 3. The summed E-state index contributed by atoms with van der Waals surface area (Å²) in [6.45, 7) is -0.512. The Labute approximate surface area is 120 Å². The highest BCUT2D eigenvalue weighted by Crippen LogP contribution is 2.25. The molecule has 2 rings (SSSR count). The van der Waals surface area contributed by atoms with Crippen molar-refractivity contribution >= 4 is 36.5 Å². The Morgan fingerprint density at radius 2 is 2.11 bits per heavy atom. The lowest BCUT2D eigenvalue weighted by Crippen LogP contribution is -2.35. The average molecular weight is 318 g/mol. The molecular formula is C10H12Cl2F3N3O. The van der Waals surface area contributed by atoms with Crippen LogP contribution in [0.1, 0.15) is 6.42 Å². The molecule has 9 heteroatoms. The third-order valence-corrected chi connectivity index (χ3v) is 2.41. The molecule has 4 nitrogen and oxygen atoms in total. The van der Waals surface area contributed by atoms with E-state index in [0.717, 1.165) is 12.3 Å². The lowest BCUT2D eigenvalue weighted by atomic mass is 10.2. The Kier molecular flexibility index (Phi) is 6.54. The number of nitrogens with zero attached hydrogens (tertiary/aromatic N) is 1. The molecule has 108 valence electrons. The van der Waals surface area contributed by atoms with E-state index in [4.69, 9.17) is 0 Å². The fourth-order valence-electron chi connectivity index (χ4n) is 1.56. The maximum atomic E-state index is 12.8. The van der Waals surface area contributed by atoms with Gasteiger partial charge in [-0.1, -0.05) is 0 Å². The molecule has 1 atom stereocenters. The van der Waals surface area contributed by atoms with Crippen LogP contribution in [0.4, 0.5) is 19.0 Å². The van der Waals surface area contributed by atoms with Gasteiger partial charge in [0.15, 0.2) is 0 Å². The third-order valence-electron chi connectivity index (χ3n) is 2.41. The molecule has 1 fully saturated rings. The highest BCUT2D eigenvalue weighted by atomic mass is 35.5. The van der Waals surface area contributed by atoms with Gasteiger partial charge in [0.2, 0.25) is 5.91 Å². The fourth-order valence-corrected chi connectivity index (χ4v) is 1.56. The number of pyridine rings is 1. The van der Waals surface area contributed by atoms with E-state index in [1.165, 1.54) is 6.07 Å². The maximum Gasteiger partial charge on any atom is 0.262 e. The fraction of sp³-hybridized carbons (Fsp3) is 0.400. The van der Waals surface area contributed by atoms with Crippen LogP contribution in [0.15, 0.2) is 18.3 Å². The summed E-state index contributed by atoms with van der Waals surface area (Å²) in [5.74, 6) is -3.86. The Balaban J connectivity index is 0.00000162. The van der Waals surface area contributed by atoms with Crippen LogP contribution in [0.25, 0.3) is 0 Å². The minimum Gasteiger partial charge on any atom is -0.309 e. The van der Waals surface area contributed by atoms with Gasteiger partial charge in [0.05, 0.1) is 18.8 Å². The molecule has 1 unspecified atom stereocenters. The number of aromatic nitrogens is 1. The van der Waals surface area contributed by atoms with Gasteiger partial charge in [-0.05, 0) is 12.1 Å². The van der Waals surface area contributed by atoms with E-state index in [1.54, 1.807) is 0 Å². The van der Waals surface area contributed by atoms with E-state index in [-0.39, 0.29) is 30.6 Å². The van der Waals surface area contributed by atoms with Crippen molar-refractivity contribution in [3.63, 3.8) is 0 Å². The summed E-state index contributed by atoms with van der Waals surface area (Å²) in [7, 11) is 0. The topological polar surface area (TPSA) is 54.0 Å². The third kappa shape index (κ3) is 4.85.